The fourth-order valence-electron chi connectivity index (χ4n) is 2.44. The molecule has 0 aliphatic rings. The number of hydrogen-bond donors (Lipinski definition) is 0. The van der Waals surface area contributed by atoms with Gasteiger partial charge in [0.1, 0.15) is 11.8 Å². The van der Waals surface area contributed by atoms with Crippen LogP contribution in [0.5, 0.6) is 5.75 Å². The molecule has 0 radical (unpaired) electrons. The van der Waals surface area contributed by atoms with Crippen LogP contribution >= 0.6 is 0 Å². The van der Waals surface area contributed by atoms with E-state index in [0.717, 1.165) is 28.3 Å². The molecule has 0 saturated heterocycles. The van der Waals surface area contributed by atoms with E-state index in [4.69, 9.17) is 4.74 Å². The van der Waals surface area contributed by atoms with E-state index >= 15 is 0 Å². The number of aromatic nitrogens is 1. The van der Waals surface area contributed by atoms with Crippen molar-refractivity contribution < 1.29 is 4.74 Å². The van der Waals surface area contributed by atoms with Crippen LogP contribution in [0.2, 0.25) is 0 Å². The first kappa shape index (κ1) is 14.9. The van der Waals surface area contributed by atoms with Crippen molar-refractivity contribution in [3.63, 3.8) is 0 Å². The number of benzene rings is 1. The lowest BCUT2D eigenvalue weighted by molar-refractivity contribution is 0.407. The van der Waals surface area contributed by atoms with Gasteiger partial charge >= 0.3 is 0 Å². The van der Waals surface area contributed by atoms with Crippen molar-refractivity contribution in [1.29, 1.82) is 5.26 Å². The average molecular weight is 281 g/mol. The summed E-state index contributed by atoms with van der Waals surface area (Å²) in [5.74, 6) is 0.877. The predicted molar refractivity (Wildman–Crippen MR) is 83.5 cm³/mol. The Morgan fingerprint density at radius 1 is 1.29 bits per heavy atom. The number of ether oxygens (including phenoxy) is 1. The molecule has 1 aromatic heterocycles. The number of rotatable bonds is 4. The summed E-state index contributed by atoms with van der Waals surface area (Å²) in [6.07, 6.45) is 1.82. The van der Waals surface area contributed by atoms with Gasteiger partial charge in [-0.25, -0.2) is 0 Å². The molecule has 0 atom stereocenters. The first-order valence-electron chi connectivity index (χ1n) is 6.77. The maximum Gasteiger partial charge on any atom is 0.128 e. The summed E-state index contributed by atoms with van der Waals surface area (Å²) in [5, 5.41) is 9.19. The normalized spacial score (nSPS) is 10.0. The van der Waals surface area contributed by atoms with E-state index in [2.05, 4.69) is 11.1 Å². The summed E-state index contributed by atoms with van der Waals surface area (Å²) in [7, 11) is 3.64. The quantitative estimate of drug-likeness (QED) is 0.863. The second-order valence-electron chi connectivity index (χ2n) is 5.03. The van der Waals surface area contributed by atoms with Gasteiger partial charge in [-0.2, -0.15) is 5.26 Å². The van der Waals surface area contributed by atoms with Gasteiger partial charge < -0.3 is 9.64 Å². The van der Waals surface area contributed by atoms with E-state index in [1.54, 1.807) is 7.11 Å². The Balaban J connectivity index is 2.32. The van der Waals surface area contributed by atoms with Crippen molar-refractivity contribution in [3.05, 3.63) is 52.8 Å². The van der Waals surface area contributed by atoms with Crippen molar-refractivity contribution in [3.8, 4) is 11.8 Å². The standard InChI is InChI=1S/C17H19N3O/c1-12-10-19-15(13(2)17(12)21-4)11-20(3)16-8-6-5-7-14(16)9-18/h5-8,10H,11H2,1-4H3. The highest BCUT2D eigenvalue weighted by Crippen LogP contribution is 2.26. The minimum atomic E-state index is 0.626. The maximum atomic E-state index is 9.19. The Bertz CT molecular complexity index is 689. The Morgan fingerprint density at radius 2 is 2.00 bits per heavy atom. The van der Waals surface area contributed by atoms with E-state index in [1.165, 1.54) is 0 Å². The van der Waals surface area contributed by atoms with Crippen LogP contribution in [0, 0.1) is 25.2 Å². The minimum absolute atomic E-state index is 0.626. The van der Waals surface area contributed by atoms with Gasteiger partial charge in [-0.3, -0.25) is 4.98 Å². The molecule has 2 aromatic rings. The number of hydrogen-bond acceptors (Lipinski definition) is 4. The SMILES string of the molecule is COc1c(C)cnc(CN(C)c2ccccc2C#N)c1C. The van der Waals surface area contributed by atoms with E-state index < -0.39 is 0 Å². The number of methoxy groups -OCH3 is 1. The molecule has 21 heavy (non-hydrogen) atoms. The molecular formula is C17H19N3O. The zero-order valence-corrected chi connectivity index (χ0v) is 12.8. The monoisotopic (exact) mass is 281 g/mol. The summed E-state index contributed by atoms with van der Waals surface area (Å²) >= 11 is 0. The molecule has 0 unspecified atom stereocenters. The molecular weight excluding hydrogens is 262 g/mol. The predicted octanol–water partition coefficient (Wildman–Crippen LogP) is 3.22. The highest BCUT2D eigenvalue weighted by molar-refractivity contribution is 5.59. The van der Waals surface area contributed by atoms with Gasteiger partial charge in [0.15, 0.2) is 0 Å². The van der Waals surface area contributed by atoms with Crippen LogP contribution in [0.1, 0.15) is 22.4 Å². The first-order valence-corrected chi connectivity index (χ1v) is 6.77. The van der Waals surface area contributed by atoms with E-state index in [9.17, 15) is 5.26 Å². The summed E-state index contributed by atoms with van der Waals surface area (Å²) in [6.45, 7) is 4.62. The zero-order valence-electron chi connectivity index (χ0n) is 12.8. The summed E-state index contributed by atoms with van der Waals surface area (Å²) in [6, 6.07) is 9.79. The van der Waals surface area contributed by atoms with Crippen molar-refractivity contribution in [2.24, 2.45) is 0 Å². The van der Waals surface area contributed by atoms with Crippen molar-refractivity contribution in [2.75, 3.05) is 19.1 Å². The van der Waals surface area contributed by atoms with Crippen molar-refractivity contribution in [2.45, 2.75) is 20.4 Å². The summed E-state index contributed by atoms with van der Waals surface area (Å²) in [4.78, 5) is 6.53. The zero-order chi connectivity index (χ0) is 15.4. The second kappa shape index (κ2) is 6.27. The molecule has 0 spiro atoms. The molecule has 4 heteroatoms. The molecule has 0 N–H and O–H groups in total. The number of aryl methyl sites for hydroxylation is 1. The third-order valence-electron chi connectivity index (χ3n) is 3.57. The Labute approximate surface area is 125 Å². The van der Waals surface area contributed by atoms with Gasteiger partial charge in [0.2, 0.25) is 0 Å². The third-order valence-corrected chi connectivity index (χ3v) is 3.57. The molecule has 108 valence electrons. The lowest BCUT2D eigenvalue weighted by atomic mass is 10.1. The first-order chi connectivity index (χ1) is 10.1. The molecule has 0 fully saturated rings. The summed E-state index contributed by atoms with van der Waals surface area (Å²) < 4.78 is 5.44. The number of para-hydroxylation sites is 1. The highest BCUT2D eigenvalue weighted by atomic mass is 16.5. The molecule has 1 aromatic carbocycles. The van der Waals surface area contributed by atoms with Gasteiger partial charge in [0.05, 0.1) is 30.6 Å². The fourth-order valence-corrected chi connectivity index (χ4v) is 2.44. The van der Waals surface area contributed by atoms with Crippen molar-refractivity contribution in [1.82, 2.24) is 4.98 Å². The number of nitrogens with zero attached hydrogens (tertiary/aromatic N) is 3. The van der Waals surface area contributed by atoms with Gasteiger partial charge in [-0.05, 0) is 26.0 Å². The van der Waals surface area contributed by atoms with Crippen LogP contribution in [-0.4, -0.2) is 19.1 Å². The third kappa shape index (κ3) is 2.97. The molecule has 0 aliphatic carbocycles. The molecule has 0 aliphatic heterocycles. The Hall–Kier alpha value is -2.54. The second-order valence-corrected chi connectivity index (χ2v) is 5.03. The van der Waals surface area contributed by atoms with Crippen LogP contribution in [-0.2, 0) is 6.54 Å². The minimum Gasteiger partial charge on any atom is -0.496 e. The molecule has 0 saturated carbocycles. The van der Waals surface area contributed by atoms with Gasteiger partial charge in [-0.15, -0.1) is 0 Å². The highest BCUT2D eigenvalue weighted by Gasteiger charge is 2.13. The fraction of sp³-hybridized carbons (Fsp3) is 0.294. The number of anilines is 1. The van der Waals surface area contributed by atoms with E-state index in [1.807, 2.05) is 56.3 Å². The van der Waals surface area contributed by atoms with Crippen LogP contribution in [0.3, 0.4) is 0 Å². The molecule has 4 nitrogen and oxygen atoms in total. The van der Waals surface area contributed by atoms with Crippen molar-refractivity contribution >= 4 is 5.69 Å². The molecule has 1 heterocycles. The van der Waals surface area contributed by atoms with Crippen LogP contribution in [0.4, 0.5) is 5.69 Å². The average Bonchev–Trinajstić information content (AvgIpc) is 2.50. The van der Waals surface area contributed by atoms with Gasteiger partial charge in [-0.1, -0.05) is 12.1 Å². The number of pyridine rings is 1. The van der Waals surface area contributed by atoms with Crippen LogP contribution in [0.25, 0.3) is 0 Å². The van der Waals surface area contributed by atoms with E-state index in [-0.39, 0.29) is 0 Å². The molecule has 0 bridgehead atoms. The Kier molecular flexibility index (Phi) is 4.44. The number of nitriles is 1. The smallest absolute Gasteiger partial charge is 0.128 e. The van der Waals surface area contributed by atoms with Gasteiger partial charge in [0, 0.05) is 24.4 Å². The molecule has 2 rings (SSSR count). The molecule has 0 amide bonds. The van der Waals surface area contributed by atoms with Crippen LogP contribution < -0.4 is 9.64 Å². The largest absolute Gasteiger partial charge is 0.496 e. The topological polar surface area (TPSA) is 49.1 Å². The van der Waals surface area contributed by atoms with E-state index in [0.29, 0.717) is 12.1 Å². The van der Waals surface area contributed by atoms with Gasteiger partial charge in [0.25, 0.3) is 0 Å². The Morgan fingerprint density at radius 3 is 2.67 bits per heavy atom. The lowest BCUT2D eigenvalue weighted by Gasteiger charge is -2.22. The van der Waals surface area contributed by atoms with Crippen LogP contribution in [0.15, 0.2) is 30.5 Å². The lowest BCUT2D eigenvalue weighted by Crippen LogP contribution is -2.19. The summed E-state index contributed by atoms with van der Waals surface area (Å²) in [5.41, 5.74) is 4.59. The maximum absolute atomic E-state index is 9.19.